The summed E-state index contributed by atoms with van der Waals surface area (Å²) >= 11 is 0. The van der Waals surface area contributed by atoms with Gasteiger partial charge in [0.05, 0.1) is 12.1 Å². The molecule has 0 saturated carbocycles. The third-order valence-corrected chi connectivity index (χ3v) is 5.42. The van der Waals surface area contributed by atoms with Crippen molar-refractivity contribution in [3.05, 3.63) is 66.5 Å². The number of anilines is 2. The van der Waals surface area contributed by atoms with Crippen molar-refractivity contribution >= 4 is 18.0 Å². The van der Waals surface area contributed by atoms with E-state index in [1.807, 2.05) is 68.4 Å². The van der Waals surface area contributed by atoms with Gasteiger partial charge in [0.25, 0.3) is 0 Å². The number of hydrogen-bond acceptors (Lipinski definition) is 7. The maximum atomic E-state index is 12.2. The average molecular weight is 434 g/mol. The molecule has 0 spiro atoms. The Morgan fingerprint density at radius 1 is 1.09 bits per heavy atom. The predicted octanol–water partition coefficient (Wildman–Crippen LogP) is 5.21. The van der Waals surface area contributed by atoms with Gasteiger partial charge in [-0.15, -0.1) is 0 Å². The second-order valence-electron chi connectivity index (χ2n) is 7.96. The Morgan fingerprint density at radius 3 is 2.50 bits per heavy atom. The fourth-order valence-corrected chi connectivity index (χ4v) is 3.60. The minimum Gasteiger partial charge on any atom is -0.457 e. The van der Waals surface area contributed by atoms with Gasteiger partial charge in [-0.05, 0) is 42.2 Å². The third kappa shape index (κ3) is 4.80. The molecule has 166 valence electrons. The van der Waals surface area contributed by atoms with E-state index in [4.69, 9.17) is 9.47 Å². The van der Waals surface area contributed by atoms with E-state index in [2.05, 4.69) is 27.2 Å². The molecule has 1 aliphatic heterocycles. The number of rotatable bonds is 8. The molecule has 0 aliphatic carbocycles. The van der Waals surface area contributed by atoms with Crippen LogP contribution in [0.1, 0.15) is 38.8 Å². The lowest BCUT2D eigenvalue weighted by Crippen LogP contribution is -2.38. The van der Waals surface area contributed by atoms with Crippen molar-refractivity contribution in [3.63, 3.8) is 0 Å². The largest absolute Gasteiger partial charge is 0.457 e. The Hall–Kier alpha value is -3.68. The van der Waals surface area contributed by atoms with Gasteiger partial charge in [0.1, 0.15) is 24.4 Å². The summed E-state index contributed by atoms with van der Waals surface area (Å²) in [5, 5.41) is 3.36. The zero-order valence-electron chi connectivity index (χ0n) is 18.4. The van der Waals surface area contributed by atoms with E-state index in [0.29, 0.717) is 18.5 Å². The topological polar surface area (TPSA) is 89.5 Å². The summed E-state index contributed by atoms with van der Waals surface area (Å²) in [6.45, 7) is 6.50. The van der Waals surface area contributed by atoms with Crippen molar-refractivity contribution in [2.45, 2.75) is 39.3 Å². The molecule has 1 saturated heterocycles. The molecule has 4 rings (SSSR count). The Morgan fingerprint density at radius 2 is 1.81 bits per heavy atom. The van der Waals surface area contributed by atoms with E-state index in [-0.39, 0.29) is 18.0 Å². The fraction of sp³-hybridized carbons (Fsp3) is 0.333. The van der Waals surface area contributed by atoms with Crippen molar-refractivity contribution in [2.24, 2.45) is 5.92 Å². The number of nitrogens with zero attached hydrogens (tertiary/aromatic N) is 4. The van der Waals surface area contributed by atoms with Crippen molar-refractivity contribution in [1.82, 2.24) is 15.0 Å². The van der Waals surface area contributed by atoms with Crippen LogP contribution in [-0.2, 0) is 4.74 Å². The number of para-hydroxylation sites is 1. The van der Waals surface area contributed by atoms with Gasteiger partial charge in [-0.1, -0.05) is 51.1 Å². The molecule has 2 atom stereocenters. The van der Waals surface area contributed by atoms with Gasteiger partial charge in [-0.25, -0.2) is 19.7 Å². The molecular formula is C24H27N5O3. The molecule has 0 bridgehead atoms. The first-order valence-corrected chi connectivity index (χ1v) is 10.8. The van der Waals surface area contributed by atoms with Crippen molar-refractivity contribution in [3.8, 4) is 11.5 Å². The first kappa shape index (κ1) is 21.5. The molecule has 1 N–H and O–H groups in total. The number of nitrogens with one attached hydrogen (secondary N) is 1. The quantitative estimate of drug-likeness (QED) is 0.522. The van der Waals surface area contributed by atoms with Crippen LogP contribution in [0, 0.1) is 5.92 Å². The maximum Gasteiger partial charge on any atom is 0.417 e. The van der Waals surface area contributed by atoms with Gasteiger partial charge in [-0.2, -0.15) is 4.98 Å². The zero-order chi connectivity index (χ0) is 22.5. The molecule has 2 aromatic carbocycles. The summed E-state index contributed by atoms with van der Waals surface area (Å²) in [5.74, 6) is 2.49. The minimum absolute atomic E-state index is 0.0116. The zero-order valence-corrected chi connectivity index (χ0v) is 18.4. The number of amides is 1. The maximum absolute atomic E-state index is 12.2. The van der Waals surface area contributed by atoms with Crippen LogP contribution >= 0.6 is 0 Å². The highest BCUT2D eigenvalue weighted by molar-refractivity contribution is 5.88. The number of ether oxygens (including phenoxy) is 2. The van der Waals surface area contributed by atoms with Crippen LogP contribution in [0.4, 0.5) is 16.7 Å². The van der Waals surface area contributed by atoms with E-state index in [9.17, 15) is 4.79 Å². The Balaban J connectivity index is 1.48. The van der Waals surface area contributed by atoms with Crippen LogP contribution in [0.3, 0.4) is 0 Å². The van der Waals surface area contributed by atoms with Gasteiger partial charge < -0.3 is 14.8 Å². The number of cyclic esters (lactones) is 1. The monoisotopic (exact) mass is 433 g/mol. The van der Waals surface area contributed by atoms with E-state index in [0.717, 1.165) is 23.5 Å². The second kappa shape index (κ2) is 9.64. The van der Waals surface area contributed by atoms with Crippen LogP contribution < -0.4 is 15.0 Å². The summed E-state index contributed by atoms with van der Waals surface area (Å²) in [5.41, 5.74) is 1.08. The Kier molecular flexibility index (Phi) is 6.49. The van der Waals surface area contributed by atoms with Gasteiger partial charge in [0.2, 0.25) is 11.9 Å². The van der Waals surface area contributed by atoms with E-state index >= 15 is 0 Å². The molecule has 0 radical (unpaired) electrons. The number of benzene rings is 2. The Labute approximate surface area is 187 Å². The van der Waals surface area contributed by atoms with Crippen LogP contribution in [0.2, 0.25) is 0 Å². The molecule has 1 aliphatic rings. The predicted molar refractivity (Wildman–Crippen MR) is 122 cm³/mol. The third-order valence-electron chi connectivity index (χ3n) is 5.42. The molecule has 0 unspecified atom stereocenters. The minimum atomic E-state index is -0.429. The van der Waals surface area contributed by atoms with Crippen LogP contribution in [0.15, 0.2) is 60.9 Å². The lowest BCUT2D eigenvalue weighted by Gasteiger charge is -2.23. The standard InChI is InChI=1S/C24H27N5O3/c1-4-20(17-10-12-19(13-11-17)32-18-8-6-5-7-9-18)27-22-25-15-26-23(28-22)29-21(16(2)3)14-31-24(29)30/h5-13,15-16,20-21H,4,14H2,1-3H3,(H,25,26,27,28)/t20-,21-/m1/s1. The van der Waals surface area contributed by atoms with Gasteiger partial charge in [0.15, 0.2) is 0 Å². The van der Waals surface area contributed by atoms with Crippen LogP contribution in [0.25, 0.3) is 0 Å². The normalized spacial score (nSPS) is 16.7. The highest BCUT2D eigenvalue weighted by Gasteiger charge is 2.38. The molecule has 32 heavy (non-hydrogen) atoms. The van der Waals surface area contributed by atoms with Crippen LogP contribution in [0.5, 0.6) is 11.5 Å². The number of aromatic nitrogens is 3. The summed E-state index contributed by atoms with van der Waals surface area (Å²) < 4.78 is 11.1. The molecule has 3 aromatic rings. The van der Waals surface area contributed by atoms with E-state index in [1.54, 1.807) is 0 Å². The summed E-state index contributed by atoms with van der Waals surface area (Å²) in [6, 6.07) is 17.5. The van der Waals surface area contributed by atoms with Gasteiger partial charge >= 0.3 is 6.09 Å². The number of hydrogen-bond donors (Lipinski definition) is 1. The molecule has 2 heterocycles. The second-order valence-corrected chi connectivity index (χ2v) is 7.96. The smallest absolute Gasteiger partial charge is 0.417 e. The summed E-state index contributed by atoms with van der Waals surface area (Å²) in [6.07, 6.45) is 1.80. The molecular weight excluding hydrogens is 406 g/mol. The molecule has 1 fully saturated rings. The van der Waals surface area contributed by atoms with Crippen molar-refractivity contribution in [2.75, 3.05) is 16.8 Å². The van der Waals surface area contributed by atoms with E-state index < -0.39 is 6.09 Å². The highest BCUT2D eigenvalue weighted by Crippen LogP contribution is 2.28. The highest BCUT2D eigenvalue weighted by atomic mass is 16.6. The fourth-order valence-electron chi connectivity index (χ4n) is 3.60. The number of carbonyl (C=O) groups excluding carboxylic acids is 1. The number of carbonyl (C=O) groups is 1. The van der Waals surface area contributed by atoms with Crippen molar-refractivity contribution < 1.29 is 14.3 Å². The van der Waals surface area contributed by atoms with E-state index in [1.165, 1.54) is 11.2 Å². The summed E-state index contributed by atoms with van der Waals surface area (Å²) in [7, 11) is 0. The average Bonchev–Trinajstić information content (AvgIpc) is 3.21. The lowest BCUT2D eigenvalue weighted by molar-refractivity contribution is 0.177. The van der Waals surface area contributed by atoms with Gasteiger partial charge in [0, 0.05) is 0 Å². The lowest BCUT2D eigenvalue weighted by atomic mass is 10.0. The molecule has 8 heteroatoms. The SMILES string of the molecule is CC[C@@H](Nc1ncnc(N2C(=O)OC[C@@H]2C(C)C)n1)c1ccc(Oc2ccccc2)cc1. The molecule has 1 amide bonds. The first-order valence-electron chi connectivity index (χ1n) is 10.8. The summed E-state index contributed by atoms with van der Waals surface area (Å²) in [4.78, 5) is 26.7. The van der Waals surface area contributed by atoms with Crippen molar-refractivity contribution in [1.29, 1.82) is 0 Å². The van der Waals surface area contributed by atoms with Crippen LogP contribution in [-0.4, -0.2) is 33.7 Å². The molecule has 8 nitrogen and oxygen atoms in total. The molecule has 1 aromatic heterocycles. The van der Waals surface area contributed by atoms with Gasteiger partial charge in [-0.3, -0.25) is 0 Å². The Bertz CT molecular complexity index is 1040. The first-order chi connectivity index (χ1) is 15.5.